The molecule has 5 nitrogen and oxygen atoms in total. The second kappa shape index (κ2) is 12.5. The van der Waals surface area contributed by atoms with Crippen LogP contribution in [0.2, 0.25) is 0 Å². The van der Waals surface area contributed by atoms with Gasteiger partial charge >= 0.3 is 41.7 Å². The van der Waals surface area contributed by atoms with Crippen LogP contribution in [0.25, 0.3) is 6.08 Å². The number of ether oxygens (including phenoxy) is 3. The van der Waals surface area contributed by atoms with Gasteiger partial charge < -0.3 is 19.3 Å². The number of carbonyl (C=O) groups is 1. The van der Waals surface area contributed by atoms with Crippen molar-refractivity contribution >= 4 is 41.6 Å². The van der Waals surface area contributed by atoms with Crippen molar-refractivity contribution in [1.82, 2.24) is 0 Å². The molecule has 0 aliphatic rings. The molecule has 0 fully saturated rings. The Kier molecular flexibility index (Phi) is 10.0. The van der Waals surface area contributed by atoms with E-state index in [-0.39, 0.29) is 42.6 Å². The van der Waals surface area contributed by atoms with E-state index in [2.05, 4.69) is 0 Å². The molecule has 0 aromatic heterocycles. The molecule has 3 aromatic carbocycles. The van der Waals surface area contributed by atoms with Gasteiger partial charge in [-0.15, -0.1) is 0 Å². The molecule has 0 saturated heterocycles. The summed E-state index contributed by atoms with van der Waals surface area (Å²) in [7, 11) is 1.48. The normalized spacial score (nSPS) is 11.1. The van der Waals surface area contributed by atoms with Gasteiger partial charge in [0.15, 0.2) is 0 Å². The van der Waals surface area contributed by atoms with Crippen LogP contribution in [0.4, 0.5) is 13.2 Å². The molecule has 3 aromatic rings. The summed E-state index contributed by atoms with van der Waals surface area (Å²) in [4.78, 5) is 11.0. The van der Waals surface area contributed by atoms with E-state index in [4.69, 9.17) is 19.3 Å². The Morgan fingerprint density at radius 2 is 1.59 bits per heavy atom. The van der Waals surface area contributed by atoms with E-state index in [1.54, 1.807) is 54.6 Å². The van der Waals surface area contributed by atoms with Crippen LogP contribution in [-0.2, 0) is 17.4 Å². The Morgan fingerprint density at radius 3 is 2.24 bits per heavy atom. The van der Waals surface area contributed by atoms with E-state index < -0.39 is 17.7 Å². The summed E-state index contributed by atoms with van der Waals surface area (Å²) < 4.78 is 54.5. The van der Waals surface area contributed by atoms with Gasteiger partial charge in [0, 0.05) is 12.1 Å². The first-order valence-electron chi connectivity index (χ1n) is 9.87. The van der Waals surface area contributed by atoms with Crippen molar-refractivity contribution in [3.8, 4) is 23.0 Å². The topological polar surface area (TPSA) is 65.0 Å². The Hall–Kier alpha value is -2.94. The van der Waals surface area contributed by atoms with Crippen molar-refractivity contribution in [1.29, 1.82) is 0 Å². The van der Waals surface area contributed by atoms with Gasteiger partial charge in [0.1, 0.15) is 29.6 Å². The van der Waals surface area contributed by atoms with Crippen molar-refractivity contribution in [2.75, 3.05) is 13.7 Å². The predicted octanol–water partition coefficient (Wildman–Crippen LogP) is 5.58. The number of hydrogen-bond acceptors (Lipinski definition) is 4. The molecule has 0 radical (unpaired) electrons. The average molecular weight is 482 g/mol. The summed E-state index contributed by atoms with van der Waals surface area (Å²) in [5.41, 5.74) is 0.468. The van der Waals surface area contributed by atoms with E-state index >= 15 is 0 Å². The number of rotatable bonds is 9. The molecule has 0 aliphatic carbocycles. The van der Waals surface area contributed by atoms with E-state index in [0.29, 0.717) is 34.1 Å². The van der Waals surface area contributed by atoms with E-state index in [0.717, 1.165) is 12.1 Å². The Labute approximate surface area is 217 Å². The molecule has 0 aliphatic heterocycles. The van der Waals surface area contributed by atoms with Crippen LogP contribution in [0.1, 0.15) is 16.7 Å². The summed E-state index contributed by atoms with van der Waals surface area (Å²) in [5, 5.41) is 9.02. The fourth-order valence-corrected chi connectivity index (χ4v) is 2.96. The number of benzene rings is 3. The molecular formula is C25H22F3NaO5. The Morgan fingerprint density at radius 1 is 0.941 bits per heavy atom. The quantitative estimate of drug-likeness (QED) is 0.404. The first-order chi connectivity index (χ1) is 15.7. The molecule has 0 heterocycles. The first-order valence-corrected chi connectivity index (χ1v) is 9.87. The first kappa shape index (κ1) is 27.3. The molecule has 0 unspecified atom stereocenters. The fraction of sp³-hybridized carbons (Fsp3) is 0.160. The SMILES string of the molecule is COc1cc(CC(=O)O)cc(Oc2cccc(OC/C=C/c3ccc(C(F)(F)F)cc3)c2)c1.[NaH]. The zero-order valence-electron chi connectivity index (χ0n) is 17.6. The van der Waals surface area contributed by atoms with Crippen LogP contribution in [0.15, 0.2) is 72.8 Å². The van der Waals surface area contributed by atoms with Crippen LogP contribution in [0.3, 0.4) is 0 Å². The fourth-order valence-electron chi connectivity index (χ4n) is 2.96. The monoisotopic (exact) mass is 482 g/mol. The minimum absolute atomic E-state index is 0. The molecule has 1 N–H and O–H groups in total. The van der Waals surface area contributed by atoms with Crippen molar-refractivity contribution in [2.45, 2.75) is 12.6 Å². The zero-order chi connectivity index (χ0) is 23.8. The molecule has 34 heavy (non-hydrogen) atoms. The van der Waals surface area contributed by atoms with Gasteiger partial charge in [-0.25, -0.2) is 0 Å². The standard InChI is InChI=1S/C25H21F3O5.Na.H/c1-31-22-12-18(14-24(29)30)13-23(16-22)33-21-6-2-5-20(15-21)32-11-3-4-17-7-9-19(10-8-17)25(26,27)28;;/h2-10,12-13,15-16H,11,14H2,1H3,(H,29,30);;/b4-3+;;. The van der Waals surface area contributed by atoms with Crippen LogP contribution in [-0.4, -0.2) is 54.3 Å². The Bertz CT molecular complexity index is 1130. The summed E-state index contributed by atoms with van der Waals surface area (Å²) in [6.07, 6.45) is -1.17. The third-order valence-electron chi connectivity index (χ3n) is 4.47. The zero-order valence-corrected chi connectivity index (χ0v) is 17.6. The van der Waals surface area contributed by atoms with Crippen LogP contribution >= 0.6 is 0 Å². The van der Waals surface area contributed by atoms with Gasteiger partial charge in [-0.05, 0) is 53.6 Å². The molecule has 0 bridgehead atoms. The number of carboxylic acids is 1. The number of hydrogen-bond donors (Lipinski definition) is 1. The number of alkyl halides is 3. The second-order valence-corrected chi connectivity index (χ2v) is 7.00. The maximum absolute atomic E-state index is 12.6. The molecule has 0 atom stereocenters. The average Bonchev–Trinajstić information content (AvgIpc) is 2.76. The molecule has 0 spiro atoms. The van der Waals surface area contributed by atoms with Gasteiger partial charge in [0.25, 0.3) is 0 Å². The van der Waals surface area contributed by atoms with Crippen molar-refractivity contribution in [2.24, 2.45) is 0 Å². The third-order valence-corrected chi connectivity index (χ3v) is 4.47. The van der Waals surface area contributed by atoms with Crippen molar-refractivity contribution in [3.63, 3.8) is 0 Å². The minimum atomic E-state index is -4.36. The molecule has 3 rings (SSSR count). The van der Waals surface area contributed by atoms with E-state index in [1.807, 2.05) is 0 Å². The third kappa shape index (κ3) is 8.44. The predicted molar refractivity (Wildman–Crippen MR) is 124 cm³/mol. The van der Waals surface area contributed by atoms with Crippen molar-refractivity contribution in [3.05, 3.63) is 89.5 Å². The van der Waals surface area contributed by atoms with Gasteiger partial charge in [-0.1, -0.05) is 24.3 Å². The number of halogens is 3. The van der Waals surface area contributed by atoms with Gasteiger partial charge in [0.05, 0.1) is 19.1 Å². The number of methoxy groups -OCH3 is 1. The van der Waals surface area contributed by atoms with Crippen LogP contribution in [0, 0.1) is 0 Å². The van der Waals surface area contributed by atoms with Crippen LogP contribution < -0.4 is 14.2 Å². The van der Waals surface area contributed by atoms with Crippen molar-refractivity contribution < 1.29 is 37.3 Å². The molecule has 174 valence electrons. The second-order valence-electron chi connectivity index (χ2n) is 7.00. The summed E-state index contributed by atoms with van der Waals surface area (Å²) in [6.45, 7) is 0.201. The van der Waals surface area contributed by atoms with Gasteiger partial charge in [0.2, 0.25) is 0 Å². The molecule has 9 heteroatoms. The Balaban J connectivity index is 0.00000408. The summed E-state index contributed by atoms with van der Waals surface area (Å²) in [5.74, 6) is 0.940. The van der Waals surface area contributed by atoms with Crippen LogP contribution in [0.5, 0.6) is 23.0 Å². The summed E-state index contributed by atoms with van der Waals surface area (Å²) >= 11 is 0. The molecule has 0 saturated carbocycles. The maximum atomic E-state index is 12.6. The molecule has 0 amide bonds. The van der Waals surface area contributed by atoms with E-state index in [1.165, 1.54) is 19.2 Å². The molecular weight excluding hydrogens is 460 g/mol. The summed E-state index contributed by atoms with van der Waals surface area (Å²) in [6, 6.07) is 16.6. The van der Waals surface area contributed by atoms with Gasteiger partial charge in [-0.3, -0.25) is 4.79 Å². The van der Waals surface area contributed by atoms with E-state index in [9.17, 15) is 18.0 Å². The number of aliphatic carboxylic acids is 1. The van der Waals surface area contributed by atoms with Gasteiger partial charge in [-0.2, -0.15) is 13.2 Å². The number of carboxylic acid groups (broad SMARTS) is 1.